The Bertz CT molecular complexity index is 1400. The standard InChI is InChI=1S/C32H35NO8S/c1-23(21-42(39,40)22-26-15-9-4-10-16-26)31(37)33-28(19-30(35)36)29(34)20-41-32(38)27(17-24-11-5-2-6-12-24)18-25-13-7-3-8-14-25/h2-16,23,27-28H,17-22H2,1H3,(H,33,37)(H,35,36). The van der Waals surface area contributed by atoms with Crippen molar-refractivity contribution >= 4 is 33.5 Å². The predicted octanol–water partition coefficient (Wildman–Crippen LogP) is 3.41. The zero-order valence-corrected chi connectivity index (χ0v) is 24.2. The monoisotopic (exact) mass is 593 g/mol. The molecule has 222 valence electrons. The number of hydrogen-bond donors (Lipinski definition) is 2. The highest BCUT2D eigenvalue weighted by molar-refractivity contribution is 7.90. The Balaban J connectivity index is 1.62. The summed E-state index contributed by atoms with van der Waals surface area (Å²) in [6.45, 7) is 0.649. The normalized spacial score (nSPS) is 12.7. The second-order valence-corrected chi connectivity index (χ2v) is 12.4. The number of amides is 1. The molecule has 0 saturated carbocycles. The predicted molar refractivity (Wildman–Crippen MR) is 157 cm³/mol. The van der Waals surface area contributed by atoms with Gasteiger partial charge in [-0.2, -0.15) is 0 Å². The van der Waals surface area contributed by atoms with E-state index in [0.717, 1.165) is 11.1 Å². The van der Waals surface area contributed by atoms with E-state index < -0.39 is 70.1 Å². The van der Waals surface area contributed by atoms with Crippen LogP contribution in [0.1, 0.15) is 30.0 Å². The summed E-state index contributed by atoms with van der Waals surface area (Å²) >= 11 is 0. The number of carboxylic acids is 1. The number of rotatable bonds is 16. The summed E-state index contributed by atoms with van der Waals surface area (Å²) < 4.78 is 30.6. The number of nitrogens with one attached hydrogen (secondary N) is 1. The number of carbonyl (C=O) groups excluding carboxylic acids is 3. The van der Waals surface area contributed by atoms with E-state index in [9.17, 15) is 32.7 Å². The number of carboxylic acid groups (broad SMARTS) is 1. The summed E-state index contributed by atoms with van der Waals surface area (Å²) in [6, 6.07) is 25.7. The van der Waals surface area contributed by atoms with Crippen LogP contribution in [0.15, 0.2) is 91.0 Å². The van der Waals surface area contributed by atoms with Gasteiger partial charge in [0.05, 0.1) is 23.8 Å². The largest absolute Gasteiger partial charge is 0.481 e. The molecule has 0 heterocycles. The molecule has 0 aromatic heterocycles. The lowest BCUT2D eigenvalue weighted by molar-refractivity contribution is -0.153. The molecule has 0 fully saturated rings. The Hall–Kier alpha value is -4.31. The number of esters is 1. The Kier molecular flexibility index (Phi) is 12.0. The van der Waals surface area contributed by atoms with Crippen LogP contribution in [0.5, 0.6) is 0 Å². The molecule has 3 aromatic carbocycles. The van der Waals surface area contributed by atoms with Crippen molar-refractivity contribution in [3.63, 3.8) is 0 Å². The number of sulfone groups is 1. The summed E-state index contributed by atoms with van der Waals surface area (Å²) in [7, 11) is -3.67. The maximum Gasteiger partial charge on any atom is 0.310 e. The fourth-order valence-electron chi connectivity index (χ4n) is 4.47. The number of ether oxygens (including phenoxy) is 1. The van der Waals surface area contributed by atoms with Crippen LogP contribution in [-0.2, 0) is 52.3 Å². The highest BCUT2D eigenvalue weighted by Crippen LogP contribution is 2.17. The quantitative estimate of drug-likeness (QED) is 0.241. The van der Waals surface area contributed by atoms with E-state index in [-0.39, 0.29) is 5.75 Å². The van der Waals surface area contributed by atoms with Gasteiger partial charge in [-0.25, -0.2) is 8.42 Å². The first kappa shape index (κ1) is 32.2. The third-order valence-corrected chi connectivity index (χ3v) is 8.39. The van der Waals surface area contributed by atoms with Gasteiger partial charge < -0.3 is 15.2 Å². The van der Waals surface area contributed by atoms with Crippen LogP contribution < -0.4 is 5.32 Å². The molecule has 0 saturated heterocycles. The molecule has 0 spiro atoms. The van der Waals surface area contributed by atoms with Crippen molar-refractivity contribution in [3.05, 3.63) is 108 Å². The zero-order valence-electron chi connectivity index (χ0n) is 23.3. The number of hydrogen-bond acceptors (Lipinski definition) is 7. The Labute approximate surface area is 245 Å². The summed E-state index contributed by atoms with van der Waals surface area (Å²) in [4.78, 5) is 50.3. The van der Waals surface area contributed by atoms with E-state index in [1.165, 1.54) is 6.92 Å². The number of ketones is 1. The van der Waals surface area contributed by atoms with E-state index in [1.807, 2.05) is 60.7 Å². The van der Waals surface area contributed by atoms with Crippen molar-refractivity contribution in [1.82, 2.24) is 5.32 Å². The van der Waals surface area contributed by atoms with Gasteiger partial charge in [0.1, 0.15) is 6.04 Å². The molecule has 0 radical (unpaired) electrons. The number of benzene rings is 3. The molecule has 2 atom stereocenters. The molecule has 2 unspecified atom stereocenters. The van der Waals surface area contributed by atoms with Crippen LogP contribution in [0.25, 0.3) is 0 Å². The van der Waals surface area contributed by atoms with Crippen LogP contribution in [0.2, 0.25) is 0 Å². The minimum Gasteiger partial charge on any atom is -0.481 e. The molecule has 0 bridgehead atoms. The molecule has 3 rings (SSSR count). The van der Waals surface area contributed by atoms with Gasteiger partial charge in [-0.1, -0.05) is 97.9 Å². The van der Waals surface area contributed by atoms with Gasteiger partial charge >= 0.3 is 11.9 Å². The molecular formula is C32H35NO8S. The molecule has 9 nitrogen and oxygen atoms in total. The first-order valence-electron chi connectivity index (χ1n) is 13.6. The SMILES string of the molecule is CC(CS(=O)(=O)Cc1ccccc1)C(=O)NC(CC(=O)O)C(=O)COC(=O)C(Cc1ccccc1)Cc1ccccc1. The molecule has 3 aromatic rings. The van der Waals surface area contributed by atoms with Gasteiger partial charge in [0, 0.05) is 5.92 Å². The first-order valence-corrected chi connectivity index (χ1v) is 15.4. The van der Waals surface area contributed by atoms with Crippen LogP contribution in [-0.4, -0.2) is 55.6 Å². The molecule has 1 amide bonds. The fraction of sp³-hybridized carbons (Fsp3) is 0.312. The number of carbonyl (C=O) groups is 4. The number of aliphatic carboxylic acids is 1. The minimum absolute atomic E-state index is 0.258. The van der Waals surface area contributed by atoms with Gasteiger partial charge in [-0.05, 0) is 29.5 Å². The lowest BCUT2D eigenvalue weighted by atomic mass is 9.92. The lowest BCUT2D eigenvalue weighted by Crippen LogP contribution is -2.47. The van der Waals surface area contributed by atoms with Crippen molar-refractivity contribution in [2.45, 2.75) is 38.0 Å². The molecule has 0 aliphatic carbocycles. The maximum atomic E-state index is 13.1. The molecule has 0 aliphatic heterocycles. The van der Waals surface area contributed by atoms with Gasteiger partial charge in [0.15, 0.2) is 22.2 Å². The highest BCUT2D eigenvalue weighted by atomic mass is 32.2. The zero-order chi connectivity index (χ0) is 30.5. The summed E-state index contributed by atoms with van der Waals surface area (Å²) in [5.74, 6) is -5.98. The van der Waals surface area contributed by atoms with Crippen molar-refractivity contribution in [1.29, 1.82) is 0 Å². The van der Waals surface area contributed by atoms with E-state index >= 15 is 0 Å². The van der Waals surface area contributed by atoms with Crippen LogP contribution in [0.4, 0.5) is 0 Å². The van der Waals surface area contributed by atoms with Gasteiger partial charge in [-0.3, -0.25) is 19.2 Å². The second kappa shape index (κ2) is 15.6. The van der Waals surface area contributed by atoms with Crippen molar-refractivity contribution in [2.75, 3.05) is 12.4 Å². The first-order chi connectivity index (χ1) is 20.0. The third-order valence-electron chi connectivity index (χ3n) is 6.60. The van der Waals surface area contributed by atoms with Crippen LogP contribution >= 0.6 is 0 Å². The molecule has 42 heavy (non-hydrogen) atoms. The van der Waals surface area contributed by atoms with E-state index in [0.29, 0.717) is 18.4 Å². The van der Waals surface area contributed by atoms with E-state index in [4.69, 9.17) is 4.74 Å². The summed E-state index contributed by atoms with van der Waals surface area (Å²) in [5, 5.41) is 11.7. The van der Waals surface area contributed by atoms with E-state index in [2.05, 4.69) is 5.32 Å². The molecule has 0 aliphatic rings. The molecular weight excluding hydrogens is 558 g/mol. The smallest absolute Gasteiger partial charge is 0.310 e. The lowest BCUT2D eigenvalue weighted by Gasteiger charge is -2.20. The van der Waals surface area contributed by atoms with Gasteiger partial charge in [-0.15, -0.1) is 0 Å². The topological polar surface area (TPSA) is 144 Å². The Morgan fingerprint density at radius 3 is 1.74 bits per heavy atom. The van der Waals surface area contributed by atoms with E-state index in [1.54, 1.807) is 30.3 Å². The van der Waals surface area contributed by atoms with Crippen LogP contribution in [0, 0.1) is 11.8 Å². The summed E-state index contributed by atoms with van der Waals surface area (Å²) in [6.07, 6.45) is -0.0108. The minimum atomic E-state index is -3.67. The van der Waals surface area contributed by atoms with Crippen molar-refractivity contribution in [2.24, 2.45) is 11.8 Å². The fourth-order valence-corrected chi connectivity index (χ4v) is 6.21. The maximum absolute atomic E-state index is 13.1. The molecule has 10 heteroatoms. The van der Waals surface area contributed by atoms with Crippen molar-refractivity contribution < 1.29 is 37.4 Å². The van der Waals surface area contributed by atoms with Gasteiger partial charge in [0.25, 0.3) is 0 Å². The average molecular weight is 594 g/mol. The average Bonchev–Trinajstić information content (AvgIpc) is 2.95. The van der Waals surface area contributed by atoms with Crippen LogP contribution in [0.3, 0.4) is 0 Å². The van der Waals surface area contributed by atoms with Crippen molar-refractivity contribution in [3.8, 4) is 0 Å². The highest BCUT2D eigenvalue weighted by Gasteiger charge is 2.30. The Morgan fingerprint density at radius 1 is 0.786 bits per heavy atom. The third kappa shape index (κ3) is 10.9. The summed E-state index contributed by atoms with van der Waals surface area (Å²) in [5.41, 5.74) is 2.39. The van der Waals surface area contributed by atoms with Gasteiger partial charge in [0.2, 0.25) is 5.91 Å². The number of Topliss-reactive ketones (excluding diaryl/α,β-unsaturated/α-hetero) is 1. The Morgan fingerprint density at radius 2 is 1.26 bits per heavy atom. The molecule has 2 N–H and O–H groups in total. The second-order valence-electron chi connectivity index (χ2n) is 10.3.